The van der Waals surface area contributed by atoms with Crippen molar-refractivity contribution < 1.29 is 19.2 Å². The van der Waals surface area contributed by atoms with Gasteiger partial charge in [-0.1, -0.05) is 31.5 Å². The van der Waals surface area contributed by atoms with Crippen molar-refractivity contribution in [1.82, 2.24) is 10.4 Å². The van der Waals surface area contributed by atoms with Crippen LogP contribution in [-0.2, 0) is 14.4 Å². The average molecular weight is 348 g/mol. The van der Waals surface area contributed by atoms with Crippen LogP contribution in [0.2, 0.25) is 0 Å². The van der Waals surface area contributed by atoms with E-state index < -0.39 is 0 Å². The molecular formula is C19H28N2O4. The van der Waals surface area contributed by atoms with Crippen molar-refractivity contribution in [3.8, 4) is 5.75 Å². The summed E-state index contributed by atoms with van der Waals surface area (Å²) < 4.78 is 5.49. The number of nitrogens with one attached hydrogen (secondary N) is 1. The summed E-state index contributed by atoms with van der Waals surface area (Å²) in [6, 6.07) is 7.25. The van der Waals surface area contributed by atoms with Crippen molar-refractivity contribution in [1.29, 1.82) is 0 Å². The van der Waals surface area contributed by atoms with Gasteiger partial charge in [-0.05, 0) is 25.8 Å². The van der Waals surface area contributed by atoms with Crippen molar-refractivity contribution in [3.63, 3.8) is 0 Å². The van der Waals surface area contributed by atoms with E-state index in [0.29, 0.717) is 31.7 Å². The van der Waals surface area contributed by atoms with Crippen LogP contribution >= 0.6 is 0 Å². The van der Waals surface area contributed by atoms with Gasteiger partial charge in [0.2, 0.25) is 11.8 Å². The third-order valence-corrected chi connectivity index (χ3v) is 4.57. The number of para-hydroxylation sites is 1. The molecule has 0 bridgehead atoms. The van der Waals surface area contributed by atoms with Crippen LogP contribution in [0, 0.1) is 5.92 Å². The first-order chi connectivity index (χ1) is 12.1. The van der Waals surface area contributed by atoms with Crippen LogP contribution in [0.1, 0.15) is 51.1 Å². The molecule has 1 aromatic carbocycles. The molecular weight excluding hydrogens is 320 g/mol. The Labute approximate surface area is 149 Å². The summed E-state index contributed by atoms with van der Waals surface area (Å²) in [5.74, 6) is 0.229. The molecule has 2 unspecified atom stereocenters. The van der Waals surface area contributed by atoms with Crippen LogP contribution < -0.4 is 10.2 Å². The molecule has 2 rings (SSSR count). The quantitative estimate of drug-likeness (QED) is 0.734. The van der Waals surface area contributed by atoms with Gasteiger partial charge in [0, 0.05) is 18.5 Å². The Morgan fingerprint density at radius 1 is 1.32 bits per heavy atom. The van der Waals surface area contributed by atoms with Gasteiger partial charge >= 0.3 is 0 Å². The van der Waals surface area contributed by atoms with E-state index in [4.69, 9.17) is 9.57 Å². The van der Waals surface area contributed by atoms with Gasteiger partial charge in [-0.3, -0.25) is 14.4 Å². The summed E-state index contributed by atoms with van der Waals surface area (Å²) >= 11 is 0. The van der Waals surface area contributed by atoms with Gasteiger partial charge in [-0.25, -0.2) is 5.48 Å². The predicted octanol–water partition coefficient (Wildman–Crippen LogP) is 2.84. The monoisotopic (exact) mass is 348 g/mol. The van der Waals surface area contributed by atoms with Crippen LogP contribution in [0.4, 0.5) is 0 Å². The Hall–Kier alpha value is -2.08. The second kappa shape index (κ2) is 9.42. The number of nitrogens with zero attached hydrogens (tertiary/aromatic N) is 1. The summed E-state index contributed by atoms with van der Waals surface area (Å²) in [4.78, 5) is 32.2. The predicted molar refractivity (Wildman–Crippen MR) is 94.8 cm³/mol. The number of benzene rings is 1. The zero-order chi connectivity index (χ0) is 18.2. The number of carbonyl (C=O) groups excluding carboxylic acids is 2. The summed E-state index contributed by atoms with van der Waals surface area (Å²) in [6.07, 6.45) is 2.76. The Kier molecular flexibility index (Phi) is 7.25. The normalized spacial score (nSPS) is 20.4. The lowest BCUT2D eigenvalue weighted by Crippen LogP contribution is -2.48. The van der Waals surface area contributed by atoms with Gasteiger partial charge < -0.3 is 9.64 Å². The van der Waals surface area contributed by atoms with E-state index in [-0.39, 0.29) is 23.8 Å². The van der Waals surface area contributed by atoms with Crippen molar-refractivity contribution in [3.05, 3.63) is 29.8 Å². The maximum Gasteiger partial charge on any atom is 0.249 e. The molecule has 138 valence electrons. The standard InChI is InChI=1S/C19H28N2O4/c1-4-6-13-21-17(22)12-11-15(19(23)20-25-5-2)18(21)14-9-7-8-10-16(14)24-3/h7-10,15,18H,4-6,11-13H2,1-3H3,(H,20,23). The van der Waals surface area contributed by atoms with Crippen LogP contribution in [-0.4, -0.2) is 37.0 Å². The SMILES string of the molecule is CCCCN1C(=O)CCC(C(=O)NOCC)C1c1ccccc1OC. The lowest BCUT2D eigenvalue weighted by molar-refractivity contribution is -0.149. The highest BCUT2D eigenvalue weighted by molar-refractivity contribution is 5.84. The number of rotatable bonds is 8. The molecule has 1 saturated heterocycles. The first-order valence-corrected chi connectivity index (χ1v) is 8.98. The molecule has 6 nitrogen and oxygen atoms in total. The maximum atomic E-state index is 12.7. The number of ether oxygens (including phenoxy) is 1. The largest absolute Gasteiger partial charge is 0.496 e. The number of hydrogen-bond acceptors (Lipinski definition) is 4. The topological polar surface area (TPSA) is 67.9 Å². The Bertz CT molecular complexity index is 591. The van der Waals surface area contributed by atoms with Gasteiger partial charge in [0.1, 0.15) is 5.75 Å². The molecule has 2 amide bonds. The molecule has 1 aliphatic heterocycles. The fourth-order valence-electron chi connectivity index (χ4n) is 3.33. The molecule has 1 fully saturated rings. The second-order valence-corrected chi connectivity index (χ2v) is 6.17. The zero-order valence-corrected chi connectivity index (χ0v) is 15.3. The highest BCUT2D eigenvalue weighted by atomic mass is 16.6. The summed E-state index contributed by atoms with van der Waals surface area (Å²) in [6.45, 7) is 4.94. The fourth-order valence-corrected chi connectivity index (χ4v) is 3.33. The Morgan fingerprint density at radius 2 is 2.08 bits per heavy atom. The number of unbranched alkanes of at least 4 members (excludes halogenated alkanes) is 1. The molecule has 2 atom stereocenters. The van der Waals surface area contributed by atoms with Gasteiger partial charge in [0.05, 0.1) is 25.7 Å². The van der Waals surface area contributed by atoms with Crippen molar-refractivity contribution in [2.45, 2.75) is 45.6 Å². The van der Waals surface area contributed by atoms with Gasteiger partial charge in [0.25, 0.3) is 0 Å². The maximum absolute atomic E-state index is 12.7. The molecule has 0 saturated carbocycles. The van der Waals surface area contributed by atoms with Crippen molar-refractivity contribution in [2.75, 3.05) is 20.3 Å². The van der Waals surface area contributed by atoms with E-state index in [0.717, 1.165) is 18.4 Å². The van der Waals surface area contributed by atoms with Gasteiger partial charge in [-0.15, -0.1) is 0 Å². The molecule has 0 aliphatic carbocycles. The number of methoxy groups -OCH3 is 1. The molecule has 6 heteroatoms. The van der Waals surface area contributed by atoms with Crippen molar-refractivity contribution >= 4 is 11.8 Å². The number of piperidine rings is 1. The van der Waals surface area contributed by atoms with Crippen LogP contribution in [0.3, 0.4) is 0 Å². The lowest BCUT2D eigenvalue weighted by atomic mass is 9.83. The molecule has 25 heavy (non-hydrogen) atoms. The lowest BCUT2D eigenvalue weighted by Gasteiger charge is -2.41. The van der Waals surface area contributed by atoms with Gasteiger partial charge in [-0.2, -0.15) is 0 Å². The average Bonchev–Trinajstić information content (AvgIpc) is 2.64. The molecule has 1 aliphatic rings. The highest BCUT2D eigenvalue weighted by Crippen LogP contribution is 2.40. The first kappa shape index (κ1) is 19.2. The zero-order valence-electron chi connectivity index (χ0n) is 15.3. The van der Waals surface area contributed by atoms with Gasteiger partial charge in [0.15, 0.2) is 0 Å². The molecule has 0 radical (unpaired) electrons. The summed E-state index contributed by atoms with van der Waals surface area (Å²) in [7, 11) is 1.61. The van der Waals surface area contributed by atoms with Crippen molar-refractivity contribution in [2.24, 2.45) is 5.92 Å². The van der Waals surface area contributed by atoms with Crippen LogP contribution in [0.5, 0.6) is 5.75 Å². The van der Waals surface area contributed by atoms with E-state index in [1.54, 1.807) is 7.11 Å². The second-order valence-electron chi connectivity index (χ2n) is 6.17. The molecule has 1 aromatic rings. The summed E-state index contributed by atoms with van der Waals surface area (Å²) in [5.41, 5.74) is 3.38. The Balaban J connectivity index is 2.40. The number of hydrogen-bond donors (Lipinski definition) is 1. The van der Waals surface area contributed by atoms with E-state index >= 15 is 0 Å². The fraction of sp³-hybridized carbons (Fsp3) is 0.579. The molecule has 1 N–H and O–H groups in total. The van der Waals surface area contributed by atoms with Crippen LogP contribution in [0.15, 0.2) is 24.3 Å². The smallest absolute Gasteiger partial charge is 0.249 e. The number of hydroxylamine groups is 1. The highest BCUT2D eigenvalue weighted by Gasteiger charge is 2.41. The van der Waals surface area contributed by atoms with Crippen LogP contribution in [0.25, 0.3) is 0 Å². The summed E-state index contributed by atoms with van der Waals surface area (Å²) in [5, 5.41) is 0. The number of amides is 2. The minimum Gasteiger partial charge on any atom is -0.496 e. The molecule has 0 aromatic heterocycles. The number of carbonyl (C=O) groups is 2. The molecule has 0 spiro atoms. The van der Waals surface area contributed by atoms with E-state index in [1.807, 2.05) is 36.1 Å². The molecule has 1 heterocycles. The van der Waals surface area contributed by atoms with E-state index in [9.17, 15) is 9.59 Å². The van der Waals surface area contributed by atoms with E-state index in [1.165, 1.54) is 0 Å². The third-order valence-electron chi connectivity index (χ3n) is 4.57. The minimum absolute atomic E-state index is 0.0878. The third kappa shape index (κ3) is 4.51. The van der Waals surface area contributed by atoms with E-state index in [2.05, 4.69) is 12.4 Å². The minimum atomic E-state index is -0.364. The number of likely N-dealkylation sites (tertiary alicyclic amines) is 1. The Morgan fingerprint density at radius 3 is 2.76 bits per heavy atom. The first-order valence-electron chi connectivity index (χ1n) is 8.98.